The summed E-state index contributed by atoms with van der Waals surface area (Å²) in [4.78, 5) is 34.3. The lowest BCUT2D eigenvalue weighted by atomic mass is 9.81. The van der Waals surface area contributed by atoms with Crippen LogP contribution in [0.4, 0.5) is 0 Å². The van der Waals surface area contributed by atoms with Crippen molar-refractivity contribution in [3.8, 4) is 0 Å². The largest absolute Gasteiger partial charge is 0.481 e. The number of carboxylic acids is 2. The topological polar surface area (TPSA) is 121 Å². The fourth-order valence-corrected chi connectivity index (χ4v) is 3.21. The summed E-state index contributed by atoms with van der Waals surface area (Å²) < 4.78 is 4.93. The predicted octanol–water partition coefficient (Wildman–Crippen LogP) is 2.35. The van der Waals surface area contributed by atoms with E-state index in [1.165, 1.54) is 0 Å². The minimum atomic E-state index is -1.91. The summed E-state index contributed by atoms with van der Waals surface area (Å²) >= 11 is 0. The average molecular weight is 344 g/mol. The molecule has 1 heterocycles. The zero-order valence-corrected chi connectivity index (χ0v) is 14.0. The molecule has 24 heavy (non-hydrogen) atoms. The van der Waals surface area contributed by atoms with Gasteiger partial charge in [-0.05, 0) is 12.8 Å². The highest BCUT2D eigenvalue weighted by Gasteiger charge is 2.56. The van der Waals surface area contributed by atoms with Crippen LogP contribution in [0.15, 0.2) is 0 Å². The van der Waals surface area contributed by atoms with Crippen molar-refractivity contribution in [2.24, 2.45) is 5.92 Å². The summed E-state index contributed by atoms with van der Waals surface area (Å²) in [6.45, 7) is 0.229. The monoisotopic (exact) mass is 344 g/mol. The van der Waals surface area contributed by atoms with Crippen LogP contribution in [-0.4, -0.2) is 45.4 Å². The van der Waals surface area contributed by atoms with Crippen LogP contribution in [0.2, 0.25) is 0 Å². The number of esters is 1. The molecule has 0 amide bonds. The fraction of sp³-hybridized carbons (Fsp3) is 0.824. The Morgan fingerprint density at radius 1 is 1.00 bits per heavy atom. The number of aliphatic hydroxyl groups is 1. The van der Waals surface area contributed by atoms with Gasteiger partial charge in [-0.3, -0.25) is 9.59 Å². The molecule has 0 bridgehead atoms. The van der Waals surface area contributed by atoms with Gasteiger partial charge in [0.15, 0.2) is 0 Å². The number of ether oxygens (including phenoxy) is 1. The number of cyclic esters (lactones) is 1. The van der Waals surface area contributed by atoms with Gasteiger partial charge in [0.2, 0.25) is 5.60 Å². The van der Waals surface area contributed by atoms with E-state index in [9.17, 15) is 24.6 Å². The maximum Gasteiger partial charge on any atom is 0.349 e. The number of carbonyl (C=O) groups is 3. The van der Waals surface area contributed by atoms with E-state index >= 15 is 0 Å². The smallest absolute Gasteiger partial charge is 0.349 e. The van der Waals surface area contributed by atoms with Crippen LogP contribution in [0.3, 0.4) is 0 Å². The van der Waals surface area contributed by atoms with Gasteiger partial charge in [-0.25, -0.2) is 4.79 Å². The molecule has 7 heteroatoms. The van der Waals surface area contributed by atoms with Crippen molar-refractivity contribution in [3.63, 3.8) is 0 Å². The fourth-order valence-electron chi connectivity index (χ4n) is 3.21. The summed E-state index contributed by atoms with van der Waals surface area (Å²) in [5.41, 5.74) is -1.91. The van der Waals surface area contributed by atoms with Gasteiger partial charge in [-0.1, -0.05) is 44.9 Å². The molecule has 3 N–H and O–H groups in total. The Balaban J connectivity index is 2.37. The van der Waals surface area contributed by atoms with Crippen molar-refractivity contribution in [3.05, 3.63) is 0 Å². The Hall–Kier alpha value is -1.63. The molecule has 1 rings (SSSR count). The molecule has 0 radical (unpaired) electrons. The molecule has 7 nitrogen and oxygen atoms in total. The number of hydrogen-bond donors (Lipinski definition) is 3. The van der Waals surface area contributed by atoms with Crippen LogP contribution >= 0.6 is 0 Å². The highest BCUT2D eigenvalue weighted by atomic mass is 16.6. The molecular weight excluding hydrogens is 316 g/mol. The van der Waals surface area contributed by atoms with E-state index in [1.807, 2.05) is 0 Å². The number of carbonyl (C=O) groups excluding carboxylic acids is 1. The first-order chi connectivity index (χ1) is 11.4. The minimum absolute atomic E-state index is 0.0517. The van der Waals surface area contributed by atoms with Gasteiger partial charge in [0, 0.05) is 19.4 Å². The number of aliphatic hydroxyl groups excluding tert-OH is 1. The maximum absolute atomic E-state index is 11.5. The molecule has 1 saturated heterocycles. The van der Waals surface area contributed by atoms with E-state index in [0.717, 1.165) is 44.9 Å². The lowest BCUT2D eigenvalue weighted by Gasteiger charge is -2.29. The van der Waals surface area contributed by atoms with Crippen molar-refractivity contribution in [1.29, 1.82) is 0 Å². The highest BCUT2D eigenvalue weighted by molar-refractivity contribution is 5.90. The van der Waals surface area contributed by atoms with E-state index in [-0.39, 0.29) is 25.9 Å². The SMILES string of the molecule is O=C1CCC(C(=O)O)(C(CCCCCCCCCCO)C(=O)O)O1. The molecule has 0 saturated carbocycles. The standard InChI is InChI=1S/C17H28O7/c18-12-8-6-4-2-1-3-5-7-9-13(15(20)21)17(16(22)23)11-10-14(19)24-17/h13,18H,1-12H2,(H,20,21)(H,22,23). The quantitative estimate of drug-likeness (QED) is 0.346. The van der Waals surface area contributed by atoms with Gasteiger partial charge >= 0.3 is 17.9 Å². The Kier molecular flexibility index (Phi) is 8.74. The van der Waals surface area contributed by atoms with Gasteiger partial charge in [0.05, 0.1) is 0 Å². The molecular formula is C17H28O7. The Labute approximate surface area is 142 Å². The van der Waals surface area contributed by atoms with Crippen LogP contribution in [0, 0.1) is 5.92 Å². The first-order valence-electron chi connectivity index (χ1n) is 8.73. The van der Waals surface area contributed by atoms with Gasteiger partial charge < -0.3 is 20.1 Å². The number of aliphatic carboxylic acids is 2. The molecule has 1 aliphatic rings. The number of unbranched alkanes of at least 4 members (excludes halogenated alkanes) is 7. The second-order valence-corrected chi connectivity index (χ2v) is 6.40. The molecule has 2 atom stereocenters. The summed E-state index contributed by atoms with van der Waals surface area (Å²) in [5, 5.41) is 27.4. The molecule has 2 unspecified atom stereocenters. The average Bonchev–Trinajstić information content (AvgIpc) is 2.92. The molecule has 0 spiro atoms. The third kappa shape index (κ3) is 5.78. The number of hydrogen-bond acceptors (Lipinski definition) is 5. The summed E-state index contributed by atoms with van der Waals surface area (Å²) in [6.07, 6.45) is 7.50. The summed E-state index contributed by atoms with van der Waals surface area (Å²) in [5.74, 6) is -4.45. The third-order valence-electron chi connectivity index (χ3n) is 4.62. The van der Waals surface area contributed by atoms with Crippen LogP contribution in [0.25, 0.3) is 0 Å². The van der Waals surface area contributed by atoms with Crippen molar-refractivity contribution < 1.29 is 34.4 Å². The molecule has 1 aliphatic heterocycles. The van der Waals surface area contributed by atoms with E-state index in [0.29, 0.717) is 6.42 Å². The van der Waals surface area contributed by atoms with Gasteiger partial charge in [-0.2, -0.15) is 0 Å². The van der Waals surface area contributed by atoms with E-state index < -0.39 is 29.4 Å². The molecule has 138 valence electrons. The lowest BCUT2D eigenvalue weighted by Crippen LogP contribution is -2.49. The summed E-state index contributed by atoms with van der Waals surface area (Å²) in [7, 11) is 0. The third-order valence-corrected chi connectivity index (χ3v) is 4.62. The summed E-state index contributed by atoms with van der Waals surface area (Å²) in [6, 6.07) is 0. The van der Waals surface area contributed by atoms with Crippen molar-refractivity contribution >= 4 is 17.9 Å². The van der Waals surface area contributed by atoms with Gasteiger partial charge in [0.25, 0.3) is 0 Å². The van der Waals surface area contributed by atoms with Crippen LogP contribution in [0.1, 0.15) is 70.6 Å². The van der Waals surface area contributed by atoms with E-state index in [1.54, 1.807) is 0 Å². The van der Waals surface area contributed by atoms with Crippen LogP contribution in [0.5, 0.6) is 0 Å². The Morgan fingerprint density at radius 3 is 1.96 bits per heavy atom. The van der Waals surface area contributed by atoms with E-state index in [2.05, 4.69) is 0 Å². The van der Waals surface area contributed by atoms with Gasteiger partial charge in [-0.15, -0.1) is 0 Å². The Bertz CT molecular complexity index is 435. The van der Waals surface area contributed by atoms with Crippen molar-refractivity contribution in [2.75, 3.05) is 6.61 Å². The predicted molar refractivity (Wildman–Crippen MR) is 85.5 cm³/mol. The molecule has 1 fully saturated rings. The van der Waals surface area contributed by atoms with Crippen molar-refractivity contribution in [1.82, 2.24) is 0 Å². The minimum Gasteiger partial charge on any atom is -0.481 e. The Morgan fingerprint density at radius 2 is 1.54 bits per heavy atom. The zero-order valence-electron chi connectivity index (χ0n) is 14.0. The van der Waals surface area contributed by atoms with Crippen molar-refractivity contribution in [2.45, 2.75) is 76.2 Å². The van der Waals surface area contributed by atoms with E-state index in [4.69, 9.17) is 9.84 Å². The molecule has 0 aromatic rings. The van der Waals surface area contributed by atoms with Gasteiger partial charge in [0.1, 0.15) is 5.92 Å². The lowest BCUT2D eigenvalue weighted by molar-refractivity contribution is -0.182. The zero-order chi connectivity index (χ0) is 18.0. The second kappa shape index (κ2) is 10.3. The maximum atomic E-state index is 11.5. The second-order valence-electron chi connectivity index (χ2n) is 6.40. The van der Waals surface area contributed by atoms with Crippen LogP contribution < -0.4 is 0 Å². The molecule has 0 aromatic carbocycles. The first kappa shape index (κ1) is 20.4. The number of carboxylic acid groups (broad SMARTS) is 2. The highest BCUT2D eigenvalue weighted by Crippen LogP contribution is 2.37. The van der Waals surface area contributed by atoms with Crippen LogP contribution in [-0.2, 0) is 19.1 Å². The molecule has 0 aliphatic carbocycles. The first-order valence-corrected chi connectivity index (χ1v) is 8.73. The molecule has 0 aromatic heterocycles. The normalized spacial score (nSPS) is 21.5. The number of rotatable bonds is 13.